The summed E-state index contributed by atoms with van der Waals surface area (Å²) in [6.07, 6.45) is 2.99. The van der Waals surface area contributed by atoms with Crippen LogP contribution in [0.1, 0.15) is 35.6 Å². The van der Waals surface area contributed by atoms with Gasteiger partial charge in [0.1, 0.15) is 0 Å². The first-order chi connectivity index (χ1) is 8.59. The Morgan fingerprint density at radius 1 is 1.44 bits per heavy atom. The Balaban J connectivity index is 2.34. The lowest BCUT2D eigenvalue weighted by Crippen LogP contribution is -2.26. The number of benzene rings is 1. The summed E-state index contributed by atoms with van der Waals surface area (Å²) in [5.41, 5.74) is 10.5. The van der Waals surface area contributed by atoms with Gasteiger partial charge in [0.15, 0.2) is 0 Å². The summed E-state index contributed by atoms with van der Waals surface area (Å²) < 4.78 is 2.15. The van der Waals surface area contributed by atoms with Gasteiger partial charge in [0.2, 0.25) is 5.91 Å². The number of aryl methyl sites for hydroxylation is 3. The molecule has 0 saturated heterocycles. The molecule has 1 aromatic carbocycles. The van der Waals surface area contributed by atoms with E-state index in [2.05, 4.69) is 29.7 Å². The zero-order chi connectivity index (χ0) is 12.9. The Bertz CT molecular complexity index is 639. The Hall–Kier alpha value is -1.77. The Kier molecular flexibility index (Phi) is 2.44. The van der Waals surface area contributed by atoms with Gasteiger partial charge in [-0.25, -0.2) is 0 Å². The van der Waals surface area contributed by atoms with Crippen molar-refractivity contribution in [1.82, 2.24) is 4.57 Å². The standard InChI is InChI=1S/C15H18N2O/c1-9-6-7-13-12(8-9)10-4-3-5-11(15(16)18)14(10)17(13)2/h6-8,11H,3-5H2,1-2H3,(H2,16,18)/t11-/m0/s1. The molecule has 0 aliphatic heterocycles. The van der Waals surface area contributed by atoms with Crippen LogP contribution in [0, 0.1) is 6.92 Å². The summed E-state index contributed by atoms with van der Waals surface area (Å²) in [6.45, 7) is 2.10. The first-order valence-electron chi connectivity index (χ1n) is 6.46. The number of carbonyl (C=O) groups excluding carboxylic acids is 1. The molecular weight excluding hydrogens is 224 g/mol. The lowest BCUT2D eigenvalue weighted by Gasteiger charge is -2.21. The highest BCUT2D eigenvalue weighted by Gasteiger charge is 2.29. The summed E-state index contributed by atoms with van der Waals surface area (Å²) in [4.78, 5) is 11.6. The SMILES string of the molecule is Cc1ccc2c(c1)c1c(n2C)[C@@H](C(N)=O)CCC1. The topological polar surface area (TPSA) is 48.0 Å². The van der Waals surface area contributed by atoms with Gasteiger partial charge in [-0.05, 0) is 43.9 Å². The fourth-order valence-electron chi connectivity index (χ4n) is 3.26. The fraction of sp³-hybridized carbons (Fsp3) is 0.400. The molecule has 1 aliphatic carbocycles. The van der Waals surface area contributed by atoms with E-state index in [1.807, 2.05) is 7.05 Å². The van der Waals surface area contributed by atoms with E-state index >= 15 is 0 Å². The first kappa shape index (κ1) is 11.3. The monoisotopic (exact) mass is 242 g/mol. The molecule has 18 heavy (non-hydrogen) atoms. The zero-order valence-corrected chi connectivity index (χ0v) is 10.9. The van der Waals surface area contributed by atoms with Crippen molar-refractivity contribution in [3.63, 3.8) is 0 Å². The minimum atomic E-state index is -0.196. The number of primary amides is 1. The Morgan fingerprint density at radius 2 is 2.22 bits per heavy atom. The van der Waals surface area contributed by atoms with Crippen molar-refractivity contribution in [2.24, 2.45) is 12.8 Å². The van der Waals surface area contributed by atoms with Crippen LogP contribution in [0.5, 0.6) is 0 Å². The van der Waals surface area contributed by atoms with Gasteiger partial charge in [-0.2, -0.15) is 0 Å². The molecule has 1 heterocycles. The van der Waals surface area contributed by atoms with Crippen molar-refractivity contribution < 1.29 is 4.79 Å². The second-order valence-corrected chi connectivity index (χ2v) is 5.29. The van der Waals surface area contributed by atoms with Gasteiger partial charge in [0, 0.05) is 23.6 Å². The molecular formula is C15H18N2O. The van der Waals surface area contributed by atoms with Crippen LogP contribution in [0.25, 0.3) is 10.9 Å². The van der Waals surface area contributed by atoms with E-state index in [0.717, 1.165) is 25.0 Å². The number of nitrogens with zero attached hydrogens (tertiary/aromatic N) is 1. The largest absolute Gasteiger partial charge is 0.369 e. The molecule has 0 fully saturated rings. The van der Waals surface area contributed by atoms with Crippen molar-refractivity contribution in [2.75, 3.05) is 0 Å². The number of hydrogen-bond donors (Lipinski definition) is 1. The Morgan fingerprint density at radius 3 is 2.94 bits per heavy atom. The number of fused-ring (bicyclic) bond motifs is 3. The fourth-order valence-corrected chi connectivity index (χ4v) is 3.26. The third-order valence-electron chi connectivity index (χ3n) is 4.10. The maximum absolute atomic E-state index is 11.6. The van der Waals surface area contributed by atoms with Crippen LogP contribution in [0.4, 0.5) is 0 Å². The van der Waals surface area contributed by atoms with E-state index in [1.54, 1.807) is 0 Å². The lowest BCUT2D eigenvalue weighted by molar-refractivity contribution is -0.119. The molecule has 0 saturated carbocycles. The summed E-state index contributed by atoms with van der Waals surface area (Å²) in [6, 6.07) is 6.48. The van der Waals surface area contributed by atoms with Gasteiger partial charge in [-0.3, -0.25) is 4.79 Å². The van der Waals surface area contributed by atoms with Crippen molar-refractivity contribution >= 4 is 16.8 Å². The van der Waals surface area contributed by atoms with Gasteiger partial charge in [-0.1, -0.05) is 11.6 Å². The van der Waals surface area contributed by atoms with E-state index < -0.39 is 0 Å². The summed E-state index contributed by atoms with van der Waals surface area (Å²) in [5, 5.41) is 1.29. The minimum Gasteiger partial charge on any atom is -0.369 e. The molecule has 0 unspecified atom stereocenters. The molecule has 2 N–H and O–H groups in total. The van der Waals surface area contributed by atoms with E-state index in [1.165, 1.54) is 22.0 Å². The number of nitrogens with two attached hydrogens (primary N) is 1. The van der Waals surface area contributed by atoms with E-state index in [-0.39, 0.29) is 11.8 Å². The van der Waals surface area contributed by atoms with Crippen LogP contribution < -0.4 is 5.73 Å². The third-order valence-corrected chi connectivity index (χ3v) is 4.10. The van der Waals surface area contributed by atoms with Crippen LogP contribution >= 0.6 is 0 Å². The van der Waals surface area contributed by atoms with Crippen molar-refractivity contribution in [3.05, 3.63) is 35.0 Å². The van der Waals surface area contributed by atoms with Gasteiger partial charge in [-0.15, -0.1) is 0 Å². The molecule has 1 amide bonds. The molecule has 2 aromatic rings. The summed E-state index contributed by atoms with van der Waals surface area (Å²) in [5.74, 6) is -0.315. The van der Waals surface area contributed by atoms with Gasteiger partial charge >= 0.3 is 0 Å². The molecule has 0 bridgehead atoms. The predicted molar refractivity (Wildman–Crippen MR) is 72.5 cm³/mol. The van der Waals surface area contributed by atoms with Crippen LogP contribution in [0.3, 0.4) is 0 Å². The van der Waals surface area contributed by atoms with Gasteiger partial charge in [0.05, 0.1) is 5.92 Å². The average Bonchev–Trinajstić information content (AvgIpc) is 2.63. The number of rotatable bonds is 1. The van der Waals surface area contributed by atoms with Crippen LogP contribution in [0.15, 0.2) is 18.2 Å². The summed E-state index contributed by atoms with van der Waals surface area (Å²) >= 11 is 0. The highest BCUT2D eigenvalue weighted by atomic mass is 16.1. The normalized spacial score (nSPS) is 18.9. The number of aromatic nitrogens is 1. The van der Waals surface area contributed by atoms with Crippen LogP contribution in [0.2, 0.25) is 0 Å². The van der Waals surface area contributed by atoms with E-state index in [9.17, 15) is 4.79 Å². The highest BCUT2D eigenvalue weighted by Crippen LogP contribution is 2.38. The van der Waals surface area contributed by atoms with E-state index in [0.29, 0.717) is 0 Å². The van der Waals surface area contributed by atoms with Crippen molar-refractivity contribution in [3.8, 4) is 0 Å². The second-order valence-electron chi connectivity index (χ2n) is 5.29. The molecule has 3 heteroatoms. The molecule has 0 radical (unpaired) electrons. The molecule has 3 nitrogen and oxygen atoms in total. The minimum absolute atomic E-state index is 0.119. The molecule has 1 aromatic heterocycles. The number of carbonyl (C=O) groups is 1. The molecule has 0 spiro atoms. The van der Waals surface area contributed by atoms with Gasteiger partial charge < -0.3 is 10.3 Å². The van der Waals surface area contributed by atoms with Gasteiger partial charge in [0.25, 0.3) is 0 Å². The molecule has 94 valence electrons. The molecule has 1 atom stereocenters. The summed E-state index contributed by atoms with van der Waals surface area (Å²) in [7, 11) is 2.04. The number of amides is 1. The van der Waals surface area contributed by atoms with E-state index in [4.69, 9.17) is 5.73 Å². The first-order valence-corrected chi connectivity index (χ1v) is 6.46. The smallest absolute Gasteiger partial charge is 0.226 e. The lowest BCUT2D eigenvalue weighted by atomic mass is 9.86. The second kappa shape index (κ2) is 3.87. The van der Waals surface area contributed by atoms with Crippen molar-refractivity contribution in [2.45, 2.75) is 32.1 Å². The Labute approximate surface area is 107 Å². The third kappa shape index (κ3) is 1.47. The quantitative estimate of drug-likeness (QED) is 0.820. The zero-order valence-electron chi connectivity index (χ0n) is 10.9. The molecule has 3 rings (SSSR count). The number of hydrogen-bond acceptors (Lipinski definition) is 1. The predicted octanol–water partition coefficient (Wildman–Crippen LogP) is 2.39. The maximum atomic E-state index is 11.6. The average molecular weight is 242 g/mol. The van der Waals surface area contributed by atoms with Crippen molar-refractivity contribution in [1.29, 1.82) is 0 Å². The maximum Gasteiger partial charge on any atom is 0.226 e. The van der Waals surface area contributed by atoms with Crippen LogP contribution in [-0.4, -0.2) is 10.5 Å². The molecule has 1 aliphatic rings. The van der Waals surface area contributed by atoms with Crippen LogP contribution in [-0.2, 0) is 18.3 Å². The highest BCUT2D eigenvalue weighted by molar-refractivity contribution is 5.90.